The zero-order chi connectivity index (χ0) is 28.5. The van der Waals surface area contributed by atoms with Crippen LogP contribution in [-0.4, -0.2) is 30.0 Å². The van der Waals surface area contributed by atoms with Gasteiger partial charge < -0.3 is 9.64 Å². The van der Waals surface area contributed by atoms with Gasteiger partial charge in [-0.3, -0.25) is 19.6 Å². The van der Waals surface area contributed by atoms with Crippen molar-refractivity contribution in [2.24, 2.45) is 4.99 Å². The first-order valence-corrected chi connectivity index (χ1v) is 14.7. The number of aromatic nitrogens is 1. The number of hydrogen-bond acceptors (Lipinski definition) is 7. The van der Waals surface area contributed by atoms with E-state index in [1.165, 1.54) is 16.3 Å². The van der Waals surface area contributed by atoms with Crippen LogP contribution in [0.25, 0.3) is 10.6 Å². The number of methoxy groups -OCH3 is 1. The van der Waals surface area contributed by atoms with E-state index in [4.69, 9.17) is 9.73 Å². The Bertz CT molecular complexity index is 1860. The van der Waals surface area contributed by atoms with Gasteiger partial charge >= 0.3 is 0 Å². The van der Waals surface area contributed by atoms with Crippen molar-refractivity contribution in [2.75, 3.05) is 23.6 Å². The Morgan fingerprint density at radius 1 is 1.02 bits per heavy atom. The minimum absolute atomic E-state index is 0.178. The molecule has 8 nitrogen and oxygen atoms in total. The number of nitrogens with zero attached hydrogens (tertiary/aromatic N) is 4. The molecule has 1 fully saturated rings. The number of rotatable bonds is 6. The first-order valence-electron chi connectivity index (χ1n) is 13.1. The zero-order valence-corrected chi connectivity index (χ0v) is 24.2. The number of anilines is 2. The summed E-state index contributed by atoms with van der Waals surface area (Å²) in [4.78, 5) is 36.0. The van der Waals surface area contributed by atoms with Gasteiger partial charge in [-0.25, -0.2) is 10.0 Å². The number of carbonyl (C=O) groups excluding carboxylic acids is 1. The van der Waals surface area contributed by atoms with Crippen LogP contribution in [0, 0.1) is 0 Å². The number of ether oxygens (including phenoxy) is 1. The van der Waals surface area contributed by atoms with Crippen molar-refractivity contribution in [3.8, 4) is 5.75 Å². The van der Waals surface area contributed by atoms with Crippen LogP contribution in [0.4, 0.5) is 17.1 Å². The van der Waals surface area contributed by atoms with Gasteiger partial charge in [-0.05, 0) is 43.3 Å². The maximum Gasteiger partial charge on any atom is 0.283 e. The molecule has 0 unspecified atom stereocenters. The standard InChI is InChI=1S/C31H27N5O3S2/c1-4-18-35-29(38)26(31-34(5-2)23-19-22(39-3)16-17-24(23)40-31)41-30(35)25-27(32-20-12-8-6-9-13-20)33-36(28(25)37)21-14-10-7-11-15-21/h4,6-17,19H,1,5,18H2,2-3H3,(H,32,33). The molecule has 0 bridgehead atoms. The summed E-state index contributed by atoms with van der Waals surface area (Å²) in [5, 5.41) is 2.30. The summed E-state index contributed by atoms with van der Waals surface area (Å²) in [5.41, 5.74) is 5.70. The third-order valence-electron chi connectivity index (χ3n) is 6.71. The number of amidine groups is 1. The molecule has 1 saturated heterocycles. The van der Waals surface area contributed by atoms with Crippen molar-refractivity contribution in [1.82, 2.24) is 9.99 Å². The van der Waals surface area contributed by atoms with Crippen LogP contribution >= 0.6 is 23.1 Å². The number of hydrazine groups is 1. The summed E-state index contributed by atoms with van der Waals surface area (Å²) in [6.07, 6.45) is 1.67. The number of hydrogen-bond donors (Lipinski definition) is 1. The molecule has 10 heteroatoms. The molecule has 3 aromatic carbocycles. The minimum Gasteiger partial charge on any atom is -0.497 e. The summed E-state index contributed by atoms with van der Waals surface area (Å²) in [6, 6.07) is 24.7. The van der Waals surface area contributed by atoms with E-state index in [9.17, 15) is 9.59 Å². The molecule has 2 aliphatic rings. The predicted octanol–water partition coefficient (Wildman–Crippen LogP) is 4.23. The third-order valence-corrected chi connectivity index (χ3v) is 9.21. The van der Waals surface area contributed by atoms with Crippen molar-refractivity contribution in [3.05, 3.63) is 111 Å². The van der Waals surface area contributed by atoms with E-state index in [1.54, 1.807) is 29.5 Å². The highest BCUT2D eigenvalue weighted by atomic mass is 32.2. The highest BCUT2D eigenvalue weighted by molar-refractivity contribution is 8.08. The average Bonchev–Trinajstić information content (AvgIpc) is 3.64. The molecule has 6 rings (SSSR count). The molecule has 0 radical (unpaired) electrons. The molecule has 0 spiro atoms. The average molecular weight is 582 g/mol. The SMILES string of the molecule is C=CCn1c(=C2C(=O)N(c3ccccc3)NC2=Nc2ccccc2)sc(=C2Sc3ccc(OC)cc3N2CC)c1=O. The Morgan fingerprint density at radius 3 is 2.44 bits per heavy atom. The van der Waals surface area contributed by atoms with E-state index < -0.39 is 0 Å². The normalized spacial score (nSPS) is 18.1. The summed E-state index contributed by atoms with van der Waals surface area (Å²) < 4.78 is 8.14. The van der Waals surface area contributed by atoms with E-state index in [2.05, 4.69) is 16.9 Å². The van der Waals surface area contributed by atoms with Crippen LogP contribution in [-0.2, 0) is 11.3 Å². The van der Waals surface area contributed by atoms with Crippen molar-refractivity contribution in [2.45, 2.75) is 18.4 Å². The molecule has 0 aliphatic carbocycles. The van der Waals surface area contributed by atoms with Gasteiger partial charge in [0.05, 0.1) is 24.2 Å². The van der Waals surface area contributed by atoms with Crippen LogP contribution in [0.3, 0.4) is 0 Å². The first kappa shape index (κ1) is 26.7. The van der Waals surface area contributed by atoms with Crippen molar-refractivity contribution < 1.29 is 9.53 Å². The number of nitrogens with one attached hydrogen (secondary N) is 1. The van der Waals surface area contributed by atoms with Crippen molar-refractivity contribution >= 4 is 62.5 Å². The van der Waals surface area contributed by atoms with Gasteiger partial charge in [0.25, 0.3) is 11.5 Å². The van der Waals surface area contributed by atoms with Gasteiger partial charge in [-0.1, -0.05) is 54.2 Å². The molecule has 1 amide bonds. The van der Waals surface area contributed by atoms with E-state index in [0.29, 0.717) is 38.5 Å². The monoisotopic (exact) mass is 581 g/mol. The number of allylic oxidation sites excluding steroid dienone is 1. The Labute approximate surface area is 245 Å². The minimum atomic E-state index is -0.291. The lowest BCUT2D eigenvalue weighted by molar-refractivity contribution is -0.113. The zero-order valence-electron chi connectivity index (χ0n) is 22.5. The fourth-order valence-corrected chi connectivity index (χ4v) is 7.32. The molecule has 1 aromatic heterocycles. The smallest absolute Gasteiger partial charge is 0.283 e. The van der Waals surface area contributed by atoms with Crippen LogP contribution in [0.15, 0.2) is 106 Å². The van der Waals surface area contributed by atoms with Crippen LogP contribution in [0.5, 0.6) is 5.75 Å². The topological polar surface area (TPSA) is 79.2 Å². The molecule has 1 N–H and O–H groups in total. The summed E-state index contributed by atoms with van der Waals surface area (Å²) in [7, 11) is 1.64. The number of thiazole rings is 1. The molecular weight excluding hydrogens is 555 g/mol. The van der Waals surface area contributed by atoms with Crippen molar-refractivity contribution in [3.63, 3.8) is 0 Å². The van der Waals surface area contributed by atoms with Gasteiger partial charge in [-0.15, -0.1) is 17.9 Å². The predicted molar refractivity (Wildman–Crippen MR) is 167 cm³/mol. The van der Waals surface area contributed by atoms with Crippen molar-refractivity contribution in [1.29, 1.82) is 0 Å². The second kappa shape index (κ2) is 11.1. The highest BCUT2D eigenvalue weighted by Crippen LogP contribution is 2.47. The highest BCUT2D eigenvalue weighted by Gasteiger charge is 2.36. The molecule has 3 heterocycles. The maximum atomic E-state index is 14.0. The maximum absolute atomic E-state index is 14.0. The number of fused-ring (bicyclic) bond motifs is 1. The Balaban J connectivity index is 1.62. The molecule has 4 aromatic rings. The van der Waals surface area contributed by atoms with Gasteiger partial charge in [-0.2, -0.15) is 0 Å². The van der Waals surface area contributed by atoms with Crippen LogP contribution in [0.1, 0.15) is 6.92 Å². The number of benzene rings is 3. The quantitative estimate of drug-likeness (QED) is 0.344. The van der Waals surface area contributed by atoms with E-state index >= 15 is 0 Å². The fourth-order valence-electron chi connectivity index (χ4n) is 4.79. The second-order valence-electron chi connectivity index (χ2n) is 9.18. The molecular formula is C31H27N5O3S2. The Kier molecular flexibility index (Phi) is 7.25. The number of para-hydroxylation sites is 2. The van der Waals surface area contributed by atoms with Gasteiger partial charge in [0.1, 0.15) is 25.5 Å². The van der Waals surface area contributed by atoms with E-state index in [0.717, 1.165) is 21.4 Å². The number of aliphatic imine (C=N–C) groups is 1. The van der Waals surface area contributed by atoms with Crippen LogP contribution < -0.4 is 34.8 Å². The Morgan fingerprint density at radius 2 is 1.76 bits per heavy atom. The molecule has 0 atom stereocenters. The molecule has 0 saturated carbocycles. The summed E-state index contributed by atoms with van der Waals surface area (Å²) in [6.45, 7) is 6.84. The fraction of sp³-hybridized carbons (Fsp3) is 0.129. The third kappa shape index (κ3) is 4.75. The molecule has 41 heavy (non-hydrogen) atoms. The first-order chi connectivity index (χ1) is 20.0. The number of thioether (sulfide) groups is 1. The lowest BCUT2D eigenvalue weighted by atomic mass is 10.2. The number of amides is 1. The lowest BCUT2D eigenvalue weighted by Crippen LogP contribution is -2.36. The Hall–Kier alpha value is -4.54. The summed E-state index contributed by atoms with van der Waals surface area (Å²) in [5.74, 6) is 0.835. The lowest BCUT2D eigenvalue weighted by Gasteiger charge is -2.17. The van der Waals surface area contributed by atoms with E-state index in [-0.39, 0.29) is 18.0 Å². The molecule has 206 valence electrons. The van der Waals surface area contributed by atoms with E-state index in [1.807, 2.05) is 85.8 Å². The second-order valence-corrected chi connectivity index (χ2v) is 11.2. The van der Waals surface area contributed by atoms with Gasteiger partial charge in [0.15, 0.2) is 5.84 Å². The number of carbonyl (C=O) groups is 1. The van der Waals surface area contributed by atoms with Crippen LogP contribution in [0.2, 0.25) is 0 Å². The van der Waals surface area contributed by atoms with Gasteiger partial charge in [0, 0.05) is 24.1 Å². The molecule has 2 aliphatic heterocycles. The summed E-state index contributed by atoms with van der Waals surface area (Å²) >= 11 is 2.85. The largest absolute Gasteiger partial charge is 0.497 e. The van der Waals surface area contributed by atoms with Gasteiger partial charge in [0.2, 0.25) is 0 Å².